The molecule has 0 bridgehead atoms. The zero-order valence-electron chi connectivity index (χ0n) is 17.9. The van der Waals surface area contributed by atoms with E-state index in [1.807, 2.05) is 24.1 Å². The number of para-hydroxylation sites is 1. The average Bonchev–Trinajstić information content (AvgIpc) is 3.59. The Morgan fingerprint density at radius 3 is 2.85 bits per heavy atom. The van der Waals surface area contributed by atoms with Crippen LogP contribution in [0.25, 0.3) is 17.1 Å². The molecule has 3 N–H and O–H groups in total. The zero-order chi connectivity index (χ0) is 22.9. The molecule has 1 aliphatic heterocycles. The first-order chi connectivity index (χ1) is 16.1. The third kappa shape index (κ3) is 3.92. The van der Waals surface area contributed by atoms with Crippen molar-refractivity contribution in [2.45, 2.75) is 12.8 Å². The highest BCUT2D eigenvalue weighted by molar-refractivity contribution is 6.03. The second-order valence-corrected chi connectivity index (χ2v) is 7.68. The Bertz CT molecular complexity index is 1340. The second-order valence-electron chi connectivity index (χ2n) is 7.68. The van der Waals surface area contributed by atoms with E-state index in [0.717, 1.165) is 12.8 Å². The topological polar surface area (TPSA) is 135 Å². The fourth-order valence-electron chi connectivity index (χ4n) is 3.58. The number of ether oxygens (including phenoxy) is 1. The van der Waals surface area contributed by atoms with Crippen molar-refractivity contribution in [2.75, 3.05) is 17.7 Å². The number of carbonyl (C=O) groups excluding carboxylic acids is 2. The molecule has 1 aliphatic carbocycles. The lowest BCUT2D eigenvalue weighted by atomic mass is 10.1. The van der Waals surface area contributed by atoms with Crippen molar-refractivity contribution in [3.8, 4) is 17.1 Å². The van der Waals surface area contributed by atoms with Gasteiger partial charge in [-0.25, -0.2) is 14.8 Å². The number of hydrogen-bond acceptors (Lipinski definition) is 9. The van der Waals surface area contributed by atoms with E-state index in [1.165, 1.54) is 6.21 Å². The Hall–Kier alpha value is -4.50. The van der Waals surface area contributed by atoms with Crippen LogP contribution in [0.1, 0.15) is 24.1 Å². The molecule has 0 unspecified atom stereocenters. The van der Waals surface area contributed by atoms with Crippen LogP contribution in [0.15, 0.2) is 35.7 Å². The number of amides is 1. The number of rotatable bonds is 6. The number of aryl methyl sites for hydroxylation is 1. The number of anilines is 3. The second kappa shape index (κ2) is 8.21. The molecule has 2 aliphatic rings. The van der Waals surface area contributed by atoms with Gasteiger partial charge in [-0.15, -0.1) is 0 Å². The summed E-state index contributed by atoms with van der Waals surface area (Å²) in [6, 6.07) is 7.20. The zero-order valence-corrected chi connectivity index (χ0v) is 17.9. The van der Waals surface area contributed by atoms with Crippen molar-refractivity contribution in [1.82, 2.24) is 25.2 Å². The van der Waals surface area contributed by atoms with Crippen molar-refractivity contribution in [3.05, 3.63) is 41.9 Å². The Morgan fingerprint density at radius 2 is 2.15 bits per heavy atom. The normalized spacial score (nSPS) is 14.2. The van der Waals surface area contributed by atoms with Gasteiger partial charge in [0, 0.05) is 19.0 Å². The van der Waals surface area contributed by atoms with E-state index < -0.39 is 0 Å². The first kappa shape index (κ1) is 20.4. The number of benzene rings is 1. The molecule has 1 saturated carbocycles. The van der Waals surface area contributed by atoms with Gasteiger partial charge in [0.15, 0.2) is 23.2 Å². The Balaban J connectivity index is 1.59. The molecule has 1 aromatic carbocycles. The summed E-state index contributed by atoms with van der Waals surface area (Å²) in [5.74, 6) is 3.19. The van der Waals surface area contributed by atoms with Crippen molar-refractivity contribution in [2.24, 2.45) is 18.1 Å². The molecule has 2 aromatic heterocycles. The predicted molar refractivity (Wildman–Crippen MR) is 122 cm³/mol. The highest BCUT2D eigenvalue weighted by Crippen LogP contribution is 2.39. The summed E-state index contributed by atoms with van der Waals surface area (Å²) in [6.07, 6.45) is 4.84. The summed E-state index contributed by atoms with van der Waals surface area (Å²) < 4.78 is 7.29. The van der Waals surface area contributed by atoms with Crippen LogP contribution in [0, 0.1) is 5.92 Å². The molecule has 3 heterocycles. The van der Waals surface area contributed by atoms with Gasteiger partial charge in [-0.1, -0.05) is 6.07 Å². The molecular formula is C22H20N8O3. The quantitative estimate of drug-likeness (QED) is 0.492. The lowest BCUT2D eigenvalue weighted by Crippen LogP contribution is -2.19. The summed E-state index contributed by atoms with van der Waals surface area (Å²) in [4.78, 5) is 32.7. The lowest BCUT2D eigenvalue weighted by molar-refractivity contribution is -0.117. The molecular weight excluding hydrogens is 424 g/mol. The van der Waals surface area contributed by atoms with Crippen LogP contribution in [0.4, 0.5) is 17.2 Å². The Labute approximate surface area is 188 Å². The maximum Gasteiger partial charge on any atom is 0.228 e. The summed E-state index contributed by atoms with van der Waals surface area (Å²) in [5, 5.41) is 14.5. The van der Waals surface area contributed by atoms with Crippen molar-refractivity contribution < 1.29 is 14.3 Å². The highest BCUT2D eigenvalue weighted by Gasteiger charge is 2.30. The molecule has 3 aromatic rings. The van der Waals surface area contributed by atoms with E-state index in [1.54, 1.807) is 31.2 Å². The number of carbonyl (C=O) groups is 1. The number of methoxy groups -OCH3 is 1. The van der Waals surface area contributed by atoms with Gasteiger partial charge in [0.1, 0.15) is 12.1 Å². The molecule has 0 radical (unpaired) electrons. The van der Waals surface area contributed by atoms with Crippen LogP contribution >= 0.6 is 0 Å². The van der Waals surface area contributed by atoms with Crippen LogP contribution in [0.5, 0.6) is 5.75 Å². The smallest absolute Gasteiger partial charge is 0.228 e. The van der Waals surface area contributed by atoms with Crippen LogP contribution in [-0.2, 0) is 16.6 Å². The van der Waals surface area contributed by atoms with Gasteiger partial charge < -0.3 is 15.4 Å². The van der Waals surface area contributed by atoms with Gasteiger partial charge in [-0.05, 0) is 25.0 Å². The summed E-state index contributed by atoms with van der Waals surface area (Å²) in [7, 11) is 3.34. The number of pyridine rings is 1. The maximum atomic E-state index is 12.3. The third-order valence-electron chi connectivity index (χ3n) is 5.29. The van der Waals surface area contributed by atoms with Crippen LogP contribution < -0.4 is 20.8 Å². The molecule has 0 spiro atoms. The lowest BCUT2D eigenvalue weighted by Gasteiger charge is -2.20. The fourth-order valence-corrected chi connectivity index (χ4v) is 3.58. The van der Waals surface area contributed by atoms with Crippen LogP contribution in [0.2, 0.25) is 0 Å². The standard InChI is InChI=1S/C22H20N8O3/c1-30-11-23-21(29-30)13-4-3-5-14(20(13)33-2)25-15-8-18(27-22(32)12-6-7-12)26-16-9-24-28-17(10-31)19(15)16/h3-5,8-9,11-12,28H,6-7H2,1-2H3,(H2,25,26,27,32). The minimum Gasteiger partial charge on any atom is -0.494 e. The van der Waals surface area contributed by atoms with Crippen molar-refractivity contribution in [3.63, 3.8) is 0 Å². The molecule has 1 amide bonds. The number of nitrogens with zero attached hydrogens (tertiary/aromatic N) is 5. The molecule has 11 nitrogen and oxygen atoms in total. The molecule has 11 heteroatoms. The Morgan fingerprint density at radius 1 is 1.30 bits per heavy atom. The van der Waals surface area contributed by atoms with Gasteiger partial charge >= 0.3 is 0 Å². The first-order valence-electron chi connectivity index (χ1n) is 10.3. The number of fused-ring (bicyclic) bond motifs is 1. The van der Waals surface area contributed by atoms with Gasteiger partial charge in [0.25, 0.3) is 0 Å². The Kier molecular flexibility index (Phi) is 5.08. The van der Waals surface area contributed by atoms with E-state index in [0.29, 0.717) is 45.6 Å². The first-order valence-corrected chi connectivity index (χ1v) is 10.3. The molecule has 166 valence electrons. The summed E-state index contributed by atoms with van der Waals surface area (Å²) >= 11 is 0. The van der Waals surface area contributed by atoms with Gasteiger partial charge in [-0.3, -0.25) is 14.9 Å². The number of hydrogen-bond donors (Lipinski definition) is 3. The molecule has 1 fully saturated rings. The predicted octanol–water partition coefficient (Wildman–Crippen LogP) is 2.09. The fraction of sp³-hybridized carbons (Fsp3) is 0.227. The largest absolute Gasteiger partial charge is 0.494 e. The highest BCUT2D eigenvalue weighted by atomic mass is 16.5. The summed E-state index contributed by atoms with van der Waals surface area (Å²) in [6.45, 7) is 0. The van der Waals surface area contributed by atoms with Crippen LogP contribution in [-0.4, -0.2) is 44.9 Å². The minimum atomic E-state index is -0.0776. The van der Waals surface area contributed by atoms with Gasteiger partial charge in [0.05, 0.1) is 41.5 Å². The van der Waals surface area contributed by atoms with Gasteiger partial charge in [-0.2, -0.15) is 10.2 Å². The van der Waals surface area contributed by atoms with E-state index in [-0.39, 0.29) is 17.5 Å². The van der Waals surface area contributed by atoms with Crippen LogP contribution in [0.3, 0.4) is 0 Å². The summed E-state index contributed by atoms with van der Waals surface area (Å²) in [5.41, 5.74) is 5.51. The monoisotopic (exact) mass is 444 g/mol. The molecule has 33 heavy (non-hydrogen) atoms. The number of nitrogens with one attached hydrogen (secondary N) is 3. The van der Waals surface area contributed by atoms with E-state index >= 15 is 0 Å². The number of hydrazone groups is 1. The number of aromatic nitrogens is 4. The molecule has 5 rings (SSSR count). The third-order valence-corrected chi connectivity index (χ3v) is 5.29. The van der Waals surface area contributed by atoms with Gasteiger partial charge in [0.2, 0.25) is 5.91 Å². The SMILES string of the molecule is COc1c(Nc2cc(NC(=O)C3CC3)nc3c2C(=C=O)NN=C3)cccc1-c1ncn(C)n1. The molecule has 0 saturated heterocycles. The maximum absolute atomic E-state index is 12.3. The average molecular weight is 444 g/mol. The van der Waals surface area contributed by atoms with E-state index in [2.05, 4.69) is 36.2 Å². The van der Waals surface area contributed by atoms with Crippen molar-refractivity contribution in [1.29, 1.82) is 0 Å². The molecule has 0 atom stereocenters. The van der Waals surface area contributed by atoms with E-state index in [9.17, 15) is 9.59 Å². The van der Waals surface area contributed by atoms with Crippen molar-refractivity contribution >= 4 is 41.0 Å². The van der Waals surface area contributed by atoms with E-state index in [4.69, 9.17) is 4.74 Å². The minimum absolute atomic E-state index is 0.0163.